The van der Waals surface area contributed by atoms with Gasteiger partial charge in [-0.05, 0) is 18.6 Å². The Morgan fingerprint density at radius 1 is 0.939 bits per heavy atom. The summed E-state index contributed by atoms with van der Waals surface area (Å²) in [6.07, 6.45) is 14.5. The Balaban J connectivity index is 1.52. The molecule has 33 heavy (non-hydrogen) atoms. The van der Waals surface area contributed by atoms with Crippen LogP contribution in [0.4, 0.5) is 0 Å². The Kier molecular flexibility index (Phi) is 13.8. The van der Waals surface area contributed by atoms with E-state index in [1.807, 2.05) is 6.07 Å². The molecular weight excluding hydrogens is 439 g/mol. The molecule has 0 radical (unpaired) electrons. The minimum Gasteiger partial charge on any atom is -0.459 e. The van der Waals surface area contributed by atoms with Gasteiger partial charge in [0.25, 0.3) is 0 Å². The lowest BCUT2D eigenvalue weighted by Gasteiger charge is -2.32. The summed E-state index contributed by atoms with van der Waals surface area (Å²) in [5.74, 6) is 0.0598. The van der Waals surface area contributed by atoms with Crippen molar-refractivity contribution in [3.05, 3.63) is 30.3 Å². The summed E-state index contributed by atoms with van der Waals surface area (Å²) in [7, 11) is -3.48. The number of hydrogen-bond donors (Lipinski definition) is 1. The van der Waals surface area contributed by atoms with E-state index in [0.29, 0.717) is 12.2 Å². The summed E-state index contributed by atoms with van der Waals surface area (Å²) >= 11 is 0. The number of benzene rings is 1. The van der Waals surface area contributed by atoms with Gasteiger partial charge in [-0.3, -0.25) is 9.32 Å². The summed E-state index contributed by atoms with van der Waals surface area (Å²) in [6.45, 7) is 2.07. The van der Waals surface area contributed by atoms with E-state index < -0.39 is 19.8 Å². The van der Waals surface area contributed by atoms with Gasteiger partial charge in [0.1, 0.15) is 24.1 Å². The van der Waals surface area contributed by atoms with Crippen molar-refractivity contribution in [1.82, 2.24) is 0 Å². The molecule has 188 valence electrons. The van der Waals surface area contributed by atoms with Crippen molar-refractivity contribution >= 4 is 13.6 Å². The van der Waals surface area contributed by atoms with Crippen LogP contribution < -0.4 is 4.52 Å². The van der Waals surface area contributed by atoms with E-state index in [2.05, 4.69) is 6.92 Å². The van der Waals surface area contributed by atoms with E-state index in [9.17, 15) is 14.5 Å². The average Bonchev–Trinajstić information content (AvgIpc) is 2.80. The SMILES string of the molecule is CCCCCCCCCCCCCCCC(=O)O[C@H]1CP(=O)(Oc2ccccc2)OC[C@H]1O. The van der Waals surface area contributed by atoms with Crippen LogP contribution in [0, 0.1) is 0 Å². The fraction of sp³-hybridized carbons (Fsp3) is 0.731. The molecule has 0 saturated carbocycles. The summed E-state index contributed by atoms with van der Waals surface area (Å²) in [4.78, 5) is 12.2. The van der Waals surface area contributed by atoms with Crippen LogP contribution >= 0.6 is 7.60 Å². The van der Waals surface area contributed by atoms with Gasteiger partial charge < -0.3 is 14.4 Å². The van der Waals surface area contributed by atoms with Gasteiger partial charge in [0.2, 0.25) is 0 Å². The highest BCUT2D eigenvalue weighted by atomic mass is 31.2. The first-order chi connectivity index (χ1) is 16.0. The lowest BCUT2D eigenvalue weighted by atomic mass is 10.0. The van der Waals surface area contributed by atoms with Crippen molar-refractivity contribution < 1.29 is 28.3 Å². The van der Waals surface area contributed by atoms with E-state index in [1.54, 1.807) is 24.3 Å². The van der Waals surface area contributed by atoms with E-state index >= 15 is 0 Å². The maximum Gasteiger partial charge on any atom is 0.383 e. The standard InChI is InChI=1S/C26H43O6P/c1-2-3-4-5-6-7-8-9-10-11-12-13-17-20-26(28)31-25-22-33(29,30-21-24(25)27)32-23-18-15-14-16-19-23/h14-16,18-19,24-25,27H,2-13,17,20-22H2,1H3/t24-,25+,33?/m1/s1. The van der Waals surface area contributed by atoms with Crippen molar-refractivity contribution in [3.8, 4) is 5.75 Å². The van der Waals surface area contributed by atoms with Crippen LogP contribution in [-0.2, 0) is 18.6 Å². The smallest absolute Gasteiger partial charge is 0.383 e. The zero-order valence-electron chi connectivity index (χ0n) is 20.3. The number of carbonyl (C=O) groups excluding carboxylic acids is 1. The van der Waals surface area contributed by atoms with Crippen LogP contribution in [0.15, 0.2) is 30.3 Å². The van der Waals surface area contributed by atoms with Gasteiger partial charge in [-0.2, -0.15) is 0 Å². The minimum atomic E-state index is -3.48. The number of para-hydroxylation sites is 1. The second-order valence-electron chi connectivity index (χ2n) is 9.08. The molecule has 1 saturated heterocycles. The first-order valence-corrected chi connectivity index (χ1v) is 14.6. The molecule has 1 aromatic rings. The van der Waals surface area contributed by atoms with Crippen molar-refractivity contribution in [2.45, 2.75) is 109 Å². The maximum absolute atomic E-state index is 12.9. The topological polar surface area (TPSA) is 82.1 Å². The van der Waals surface area contributed by atoms with Crippen LogP contribution in [0.5, 0.6) is 5.75 Å². The minimum absolute atomic E-state index is 0.145. The van der Waals surface area contributed by atoms with E-state index in [-0.39, 0.29) is 18.7 Å². The molecule has 1 aliphatic rings. The number of rotatable bonds is 17. The Bertz CT molecular complexity index is 695. The van der Waals surface area contributed by atoms with Gasteiger partial charge in [0.05, 0.1) is 6.61 Å². The molecule has 1 unspecified atom stereocenters. The molecule has 7 heteroatoms. The second kappa shape index (κ2) is 16.3. The van der Waals surface area contributed by atoms with Gasteiger partial charge in [0, 0.05) is 6.42 Å². The molecule has 6 nitrogen and oxygen atoms in total. The molecule has 0 bridgehead atoms. The van der Waals surface area contributed by atoms with Crippen molar-refractivity contribution in [1.29, 1.82) is 0 Å². The van der Waals surface area contributed by atoms with Gasteiger partial charge in [0.15, 0.2) is 0 Å². The van der Waals surface area contributed by atoms with E-state index in [0.717, 1.165) is 19.3 Å². The van der Waals surface area contributed by atoms with Crippen LogP contribution in [0.1, 0.15) is 96.8 Å². The van der Waals surface area contributed by atoms with E-state index in [4.69, 9.17) is 13.8 Å². The lowest BCUT2D eigenvalue weighted by molar-refractivity contribution is -0.156. The highest BCUT2D eigenvalue weighted by molar-refractivity contribution is 7.54. The molecule has 1 N–H and O–H groups in total. The molecule has 1 heterocycles. The Morgan fingerprint density at radius 2 is 1.48 bits per heavy atom. The Labute approximate surface area is 199 Å². The van der Waals surface area contributed by atoms with Gasteiger partial charge in [-0.15, -0.1) is 0 Å². The molecular formula is C26H43O6P. The van der Waals surface area contributed by atoms with Crippen LogP contribution in [-0.4, -0.2) is 36.1 Å². The third kappa shape index (κ3) is 12.1. The molecule has 0 spiro atoms. The molecule has 1 aliphatic heterocycles. The second-order valence-corrected chi connectivity index (χ2v) is 11.1. The summed E-state index contributed by atoms with van der Waals surface area (Å²) in [5.41, 5.74) is 0. The number of ether oxygens (including phenoxy) is 1. The van der Waals surface area contributed by atoms with Crippen LogP contribution in [0.3, 0.4) is 0 Å². The third-order valence-electron chi connectivity index (χ3n) is 6.03. The average molecular weight is 483 g/mol. The van der Waals surface area contributed by atoms with E-state index in [1.165, 1.54) is 64.2 Å². The predicted molar refractivity (Wildman–Crippen MR) is 132 cm³/mol. The molecule has 2 rings (SSSR count). The molecule has 0 aliphatic carbocycles. The zero-order chi connectivity index (χ0) is 23.8. The van der Waals surface area contributed by atoms with Crippen molar-refractivity contribution in [2.75, 3.05) is 12.8 Å². The summed E-state index contributed by atoms with van der Waals surface area (Å²) in [5, 5.41) is 10.1. The predicted octanol–water partition coefficient (Wildman–Crippen LogP) is 7.04. The quantitative estimate of drug-likeness (QED) is 0.146. The molecule has 1 aromatic carbocycles. The fourth-order valence-corrected chi connectivity index (χ4v) is 5.84. The number of aliphatic hydroxyl groups excluding tert-OH is 1. The van der Waals surface area contributed by atoms with Gasteiger partial charge in [-0.1, -0.05) is 102 Å². The summed E-state index contributed by atoms with van der Waals surface area (Å²) in [6, 6.07) is 8.74. The number of esters is 1. The number of unbranched alkanes of at least 4 members (excludes halogenated alkanes) is 12. The van der Waals surface area contributed by atoms with Gasteiger partial charge >= 0.3 is 13.6 Å². The molecule has 3 atom stereocenters. The molecule has 0 amide bonds. The molecule has 1 fully saturated rings. The fourth-order valence-electron chi connectivity index (χ4n) is 4.03. The first kappa shape index (κ1) is 27.9. The monoisotopic (exact) mass is 482 g/mol. The number of hydrogen-bond acceptors (Lipinski definition) is 6. The maximum atomic E-state index is 12.9. The highest BCUT2D eigenvalue weighted by Gasteiger charge is 2.42. The van der Waals surface area contributed by atoms with Crippen LogP contribution in [0.25, 0.3) is 0 Å². The van der Waals surface area contributed by atoms with Crippen molar-refractivity contribution in [2.24, 2.45) is 0 Å². The lowest BCUT2D eigenvalue weighted by Crippen LogP contribution is -2.41. The normalized spacial score (nSPS) is 22.7. The zero-order valence-corrected chi connectivity index (χ0v) is 21.2. The number of carbonyl (C=O) groups is 1. The Hall–Kier alpha value is -1.36. The van der Waals surface area contributed by atoms with Gasteiger partial charge in [-0.25, -0.2) is 4.57 Å². The third-order valence-corrected chi connectivity index (χ3v) is 7.87. The molecule has 0 aromatic heterocycles. The summed E-state index contributed by atoms with van der Waals surface area (Å²) < 4.78 is 29.1. The Morgan fingerprint density at radius 3 is 2.06 bits per heavy atom. The first-order valence-electron chi connectivity index (χ1n) is 12.9. The van der Waals surface area contributed by atoms with Crippen molar-refractivity contribution in [3.63, 3.8) is 0 Å². The number of aliphatic hydroxyl groups is 1. The largest absolute Gasteiger partial charge is 0.459 e. The highest BCUT2D eigenvalue weighted by Crippen LogP contribution is 2.52. The van der Waals surface area contributed by atoms with Crippen LogP contribution in [0.2, 0.25) is 0 Å².